The summed E-state index contributed by atoms with van der Waals surface area (Å²) in [6, 6.07) is 0. The minimum Gasteiger partial charge on any atom is -0.379 e. The molecule has 0 aromatic carbocycles. The molecule has 0 atom stereocenters. The summed E-state index contributed by atoms with van der Waals surface area (Å²) in [7, 11) is 0. The summed E-state index contributed by atoms with van der Waals surface area (Å²) in [6.45, 7) is 14.4. The van der Waals surface area contributed by atoms with Gasteiger partial charge >= 0.3 is 0 Å². The number of nitrogens with zero attached hydrogens (tertiary/aromatic N) is 1. The van der Waals surface area contributed by atoms with Crippen LogP contribution < -0.4 is 16.0 Å². The predicted molar refractivity (Wildman–Crippen MR) is 82.4 cm³/mol. The normalized spacial score (nSPS) is 20.2. The number of rotatable bonds is 7. The summed E-state index contributed by atoms with van der Waals surface area (Å²) >= 11 is 0. The molecule has 1 fully saturated rings. The summed E-state index contributed by atoms with van der Waals surface area (Å²) in [4.78, 5) is 2.45. The van der Waals surface area contributed by atoms with Crippen molar-refractivity contribution in [2.75, 3.05) is 85.3 Å². The average Bonchev–Trinajstić information content (AvgIpc) is 2.45. The third-order valence-corrected chi connectivity index (χ3v) is 3.29. The molecule has 1 heterocycles. The molecule has 0 unspecified atom stereocenters. The Morgan fingerprint density at radius 3 is 1.90 bits per heavy atom. The average molecular weight is 288 g/mol. The predicted octanol–water partition coefficient (Wildman–Crippen LogP) is -0.876. The fourth-order valence-corrected chi connectivity index (χ4v) is 2.10. The Morgan fingerprint density at radius 2 is 1.30 bits per heavy atom. The van der Waals surface area contributed by atoms with Crippen molar-refractivity contribution in [1.29, 1.82) is 0 Å². The quantitative estimate of drug-likeness (QED) is 0.529. The van der Waals surface area contributed by atoms with Crippen LogP contribution in [0.5, 0.6) is 0 Å². The van der Waals surface area contributed by atoms with Gasteiger partial charge in [0.25, 0.3) is 0 Å². The van der Waals surface area contributed by atoms with E-state index in [0.29, 0.717) is 13.2 Å². The highest BCUT2D eigenvalue weighted by molar-refractivity contribution is 4.64. The fraction of sp³-hybridized carbons (Fsp3) is 1.00. The van der Waals surface area contributed by atoms with Crippen LogP contribution in [0.2, 0.25) is 0 Å². The molecule has 3 N–H and O–H groups in total. The lowest BCUT2D eigenvalue weighted by Gasteiger charge is -2.23. The second-order valence-corrected chi connectivity index (χ2v) is 4.90. The van der Waals surface area contributed by atoms with Gasteiger partial charge in [0.15, 0.2) is 0 Å². The van der Waals surface area contributed by atoms with Gasteiger partial charge in [-0.1, -0.05) is 0 Å². The van der Waals surface area contributed by atoms with Crippen LogP contribution in [0.1, 0.15) is 6.92 Å². The van der Waals surface area contributed by atoms with E-state index in [4.69, 9.17) is 9.47 Å². The molecule has 0 amide bonds. The topological polar surface area (TPSA) is 57.8 Å². The van der Waals surface area contributed by atoms with E-state index in [2.05, 4.69) is 20.9 Å². The zero-order chi connectivity index (χ0) is 14.3. The molecule has 0 aromatic heterocycles. The largest absolute Gasteiger partial charge is 0.379 e. The van der Waals surface area contributed by atoms with Gasteiger partial charge in [0.2, 0.25) is 0 Å². The molecule has 0 aromatic rings. The Morgan fingerprint density at radius 1 is 0.750 bits per heavy atom. The minimum absolute atomic E-state index is 0.698. The molecule has 1 rings (SSSR count). The molecule has 1 saturated heterocycles. The van der Waals surface area contributed by atoms with Crippen LogP contribution in [0, 0.1) is 0 Å². The lowest BCUT2D eigenvalue weighted by atomic mass is 10.4. The standard InChI is InChI=1S/C14H32N4O2/c1-2-19-13-14-20-12-11-18-9-7-16-5-3-15-4-6-17-8-10-18/h15-17H,2-14H2,1H3. The van der Waals surface area contributed by atoms with Crippen molar-refractivity contribution in [3.05, 3.63) is 0 Å². The maximum atomic E-state index is 5.59. The van der Waals surface area contributed by atoms with E-state index in [1.165, 1.54) is 0 Å². The van der Waals surface area contributed by atoms with Crippen molar-refractivity contribution in [1.82, 2.24) is 20.9 Å². The molecule has 120 valence electrons. The van der Waals surface area contributed by atoms with Crippen molar-refractivity contribution in [2.45, 2.75) is 6.92 Å². The number of hydrogen-bond donors (Lipinski definition) is 3. The molecular weight excluding hydrogens is 256 g/mol. The third kappa shape index (κ3) is 10.5. The van der Waals surface area contributed by atoms with Crippen molar-refractivity contribution in [3.63, 3.8) is 0 Å². The smallest absolute Gasteiger partial charge is 0.0701 e. The van der Waals surface area contributed by atoms with E-state index in [9.17, 15) is 0 Å². The molecule has 0 aliphatic carbocycles. The molecule has 1 aliphatic rings. The second kappa shape index (κ2) is 13.7. The molecule has 0 radical (unpaired) electrons. The first-order valence-electron chi connectivity index (χ1n) is 7.93. The number of nitrogens with one attached hydrogen (secondary N) is 3. The lowest BCUT2D eigenvalue weighted by Crippen LogP contribution is -2.42. The Labute approximate surface area is 123 Å². The summed E-state index contributed by atoms with van der Waals surface area (Å²) < 4.78 is 10.8. The van der Waals surface area contributed by atoms with Crippen LogP contribution in [-0.4, -0.2) is 90.2 Å². The molecule has 0 saturated carbocycles. The highest BCUT2D eigenvalue weighted by atomic mass is 16.5. The van der Waals surface area contributed by atoms with E-state index < -0.39 is 0 Å². The Hall–Kier alpha value is -0.240. The maximum absolute atomic E-state index is 5.59. The Kier molecular flexibility index (Phi) is 12.2. The molecule has 1 aliphatic heterocycles. The lowest BCUT2D eigenvalue weighted by molar-refractivity contribution is 0.0430. The van der Waals surface area contributed by atoms with Gasteiger partial charge in [-0.25, -0.2) is 0 Å². The first-order chi connectivity index (χ1) is 9.93. The Bertz CT molecular complexity index is 196. The monoisotopic (exact) mass is 288 g/mol. The van der Waals surface area contributed by atoms with Crippen molar-refractivity contribution in [3.8, 4) is 0 Å². The van der Waals surface area contributed by atoms with Crippen LogP contribution >= 0.6 is 0 Å². The summed E-state index contributed by atoms with van der Waals surface area (Å²) in [5.41, 5.74) is 0. The second-order valence-electron chi connectivity index (χ2n) is 4.90. The van der Waals surface area contributed by atoms with Gasteiger partial charge in [0.1, 0.15) is 0 Å². The van der Waals surface area contributed by atoms with Crippen LogP contribution in [0.25, 0.3) is 0 Å². The summed E-state index contributed by atoms with van der Waals surface area (Å²) in [5, 5.41) is 10.3. The summed E-state index contributed by atoms with van der Waals surface area (Å²) in [6.07, 6.45) is 0. The minimum atomic E-state index is 0.698. The van der Waals surface area contributed by atoms with Crippen LogP contribution in [-0.2, 0) is 9.47 Å². The molecule has 0 spiro atoms. The van der Waals surface area contributed by atoms with Gasteiger partial charge in [0, 0.05) is 65.5 Å². The number of ether oxygens (including phenoxy) is 2. The first kappa shape index (κ1) is 17.8. The maximum Gasteiger partial charge on any atom is 0.0701 e. The van der Waals surface area contributed by atoms with E-state index in [1.807, 2.05) is 6.92 Å². The van der Waals surface area contributed by atoms with Crippen molar-refractivity contribution < 1.29 is 9.47 Å². The molecular formula is C14H32N4O2. The number of hydrogen-bond acceptors (Lipinski definition) is 6. The zero-order valence-electron chi connectivity index (χ0n) is 13.0. The van der Waals surface area contributed by atoms with Crippen LogP contribution in [0.4, 0.5) is 0 Å². The van der Waals surface area contributed by atoms with Gasteiger partial charge < -0.3 is 25.4 Å². The first-order valence-corrected chi connectivity index (χ1v) is 7.93. The van der Waals surface area contributed by atoms with E-state index in [1.54, 1.807) is 0 Å². The SMILES string of the molecule is CCOCCOCCN1CCNCCNCCNCC1. The van der Waals surface area contributed by atoms with E-state index in [0.717, 1.165) is 72.1 Å². The fourth-order valence-electron chi connectivity index (χ4n) is 2.10. The van der Waals surface area contributed by atoms with Gasteiger partial charge in [-0.2, -0.15) is 0 Å². The summed E-state index contributed by atoms with van der Waals surface area (Å²) in [5.74, 6) is 0. The molecule has 20 heavy (non-hydrogen) atoms. The van der Waals surface area contributed by atoms with Crippen LogP contribution in [0.15, 0.2) is 0 Å². The Balaban J connectivity index is 2.08. The van der Waals surface area contributed by atoms with Gasteiger partial charge in [-0.3, -0.25) is 4.90 Å². The molecule has 6 nitrogen and oxygen atoms in total. The molecule has 0 bridgehead atoms. The van der Waals surface area contributed by atoms with Crippen LogP contribution in [0.3, 0.4) is 0 Å². The van der Waals surface area contributed by atoms with Gasteiger partial charge in [-0.15, -0.1) is 0 Å². The van der Waals surface area contributed by atoms with Crippen molar-refractivity contribution >= 4 is 0 Å². The van der Waals surface area contributed by atoms with E-state index >= 15 is 0 Å². The highest BCUT2D eigenvalue weighted by Crippen LogP contribution is 1.89. The van der Waals surface area contributed by atoms with Gasteiger partial charge in [0.05, 0.1) is 19.8 Å². The zero-order valence-corrected chi connectivity index (χ0v) is 13.0. The van der Waals surface area contributed by atoms with Gasteiger partial charge in [-0.05, 0) is 6.92 Å². The third-order valence-electron chi connectivity index (χ3n) is 3.29. The van der Waals surface area contributed by atoms with Crippen molar-refractivity contribution in [2.24, 2.45) is 0 Å². The van der Waals surface area contributed by atoms with E-state index in [-0.39, 0.29) is 0 Å². The molecule has 6 heteroatoms. The highest BCUT2D eigenvalue weighted by Gasteiger charge is 2.05.